The van der Waals surface area contributed by atoms with Crippen molar-refractivity contribution in [3.05, 3.63) is 23.8 Å². The maximum atomic E-state index is 12.4. The van der Waals surface area contributed by atoms with E-state index >= 15 is 0 Å². The molecule has 1 fully saturated rings. The zero-order chi connectivity index (χ0) is 15.3. The van der Waals surface area contributed by atoms with Crippen molar-refractivity contribution in [1.82, 2.24) is 10.0 Å². The van der Waals surface area contributed by atoms with E-state index in [2.05, 4.69) is 10.0 Å². The second-order valence-electron chi connectivity index (χ2n) is 5.51. The van der Waals surface area contributed by atoms with Crippen LogP contribution in [-0.4, -0.2) is 29.1 Å². The van der Waals surface area contributed by atoms with Crippen LogP contribution in [0.1, 0.15) is 31.2 Å². The Kier molecular flexibility index (Phi) is 5.61. The first-order valence-electron chi connectivity index (χ1n) is 7.38. The van der Waals surface area contributed by atoms with Gasteiger partial charge < -0.3 is 10.1 Å². The van der Waals surface area contributed by atoms with Gasteiger partial charge in [0.25, 0.3) is 0 Å². The fourth-order valence-electron chi connectivity index (χ4n) is 2.78. The van der Waals surface area contributed by atoms with Gasteiger partial charge in [0.1, 0.15) is 5.75 Å². The van der Waals surface area contributed by atoms with Gasteiger partial charge in [-0.15, -0.1) is 0 Å². The van der Waals surface area contributed by atoms with Gasteiger partial charge in [-0.3, -0.25) is 0 Å². The van der Waals surface area contributed by atoms with Gasteiger partial charge in [-0.05, 0) is 44.0 Å². The summed E-state index contributed by atoms with van der Waals surface area (Å²) < 4.78 is 32.7. The summed E-state index contributed by atoms with van der Waals surface area (Å²) in [6, 6.07) is 4.97. The van der Waals surface area contributed by atoms with Crippen LogP contribution >= 0.6 is 0 Å². The number of rotatable bonds is 7. The fraction of sp³-hybridized carbons (Fsp3) is 0.600. The van der Waals surface area contributed by atoms with Crippen LogP contribution in [0.4, 0.5) is 0 Å². The summed E-state index contributed by atoms with van der Waals surface area (Å²) in [5, 5.41) is 3.02. The molecule has 2 rings (SSSR count). The SMILES string of the molecule is CNCc1cc(S(=O)(=O)NCC2CCCC2)ccc1OC. The summed E-state index contributed by atoms with van der Waals surface area (Å²) in [6.45, 7) is 1.10. The van der Waals surface area contributed by atoms with Crippen LogP contribution < -0.4 is 14.8 Å². The number of sulfonamides is 1. The number of hydrogen-bond donors (Lipinski definition) is 2. The Labute approximate surface area is 127 Å². The predicted molar refractivity (Wildman–Crippen MR) is 82.9 cm³/mol. The van der Waals surface area contributed by atoms with Crippen molar-refractivity contribution in [2.45, 2.75) is 37.1 Å². The van der Waals surface area contributed by atoms with E-state index in [1.165, 1.54) is 12.8 Å². The standard InChI is InChI=1S/C15H24N2O3S/c1-16-11-13-9-14(7-8-15(13)20-2)21(18,19)17-10-12-5-3-4-6-12/h7-9,12,16-17H,3-6,10-11H2,1-2H3. The highest BCUT2D eigenvalue weighted by atomic mass is 32.2. The molecule has 0 saturated heterocycles. The maximum Gasteiger partial charge on any atom is 0.240 e. The first-order valence-corrected chi connectivity index (χ1v) is 8.86. The number of hydrogen-bond acceptors (Lipinski definition) is 4. The van der Waals surface area contributed by atoms with Crippen LogP contribution in [0.2, 0.25) is 0 Å². The Morgan fingerprint density at radius 1 is 1.29 bits per heavy atom. The van der Waals surface area contributed by atoms with E-state index in [0.717, 1.165) is 18.4 Å². The normalized spacial score (nSPS) is 16.3. The van der Waals surface area contributed by atoms with Crippen molar-refractivity contribution in [2.75, 3.05) is 20.7 Å². The second kappa shape index (κ2) is 7.24. The van der Waals surface area contributed by atoms with Crippen LogP contribution in [0, 0.1) is 5.92 Å². The molecule has 0 heterocycles. The van der Waals surface area contributed by atoms with Gasteiger partial charge >= 0.3 is 0 Å². The monoisotopic (exact) mass is 312 g/mol. The topological polar surface area (TPSA) is 67.4 Å². The summed E-state index contributed by atoms with van der Waals surface area (Å²) in [5.74, 6) is 1.17. The highest BCUT2D eigenvalue weighted by Crippen LogP contribution is 2.25. The Balaban J connectivity index is 2.12. The smallest absolute Gasteiger partial charge is 0.240 e. The summed E-state index contributed by atoms with van der Waals surface area (Å²) in [4.78, 5) is 0.298. The highest BCUT2D eigenvalue weighted by Gasteiger charge is 2.20. The number of ether oxygens (including phenoxy) is 1. The molecule has 0 bridgehead atoms. The van der Waals surface area contributed by atoms with Gasteiger partial charge in [-0.1, -0.05) is 12.8 Å². The molecular weight excluding hydrogens is 288 g/mol. The molecule has 6 heteroatoms. The van der Waals surface area contributed by atoms with Gasteiger partial charge in [0.15, 0.2) is 0 Å². The van der Waals surface area contributed by atoms with E-state index in [4.69, 9.17) is 4.74 Å². The van der Waals surface area contributed by atoms with Crippen molar-refractivity contribution in [1.29, 1.82) is 0 Å². The van der Waals surface area contributed by atoms with Crippen molar-refractivity contribution in [2.24, 2.45) is 5.92 Å². The van der Waals surface area contributed by atoms with E-state index in [9.17, 15) is 8.42 Å². The van der Waals surface area contributed by atoms with E-state index in [1.54, 1.807) is 25.3 Å². The molecule has 21 heavy (non-hydrogen) atoms. The minimum absolute atomic E-state index is 0.298. The third kappa shape index (κ3) is 4.18. The van der Waals surface area contributed by atoms with E-state index < -0.39 is 10.0 Å². The van der Waals surface area contributed by atoms with Crippen molar-refractivity contribution in [3.8, 4) is 5.75 Å². The molecule has 1 saturated carbocycles. The summed E-state index contributed by atoms with van der Waals surface area (Å²) in [7, 11) is -0.0441. The summed E-state index contributed by atoms with van der Waals surface area (Å²) in [5.41, 5.74) is 0.837. The number of nitrogens with one attached hydrogen (secondary N) is 2. The molecule has 0 aromatic heterocycles. The van der Waals surface area contributed by atoms with E-state index in [1.807, 2.05) is 7.05 Å². The molecule has 0 atom stereocenters. The Bertz CT molecular complexity index is 566. The predicted octanol–water partition coefficient (Wildman–Crippen LogP) is 1.88. The lowest BCUT2D eigenvalue weighted by Gasteiger charge is -2.13. The van der Waals surface area contributed by atoms with Gasteiger partial charge in [0.2, 0.25) is 10.0 Å². The lowest BCUT2D eigenvalue weighted by molar-refractivity contribution is 0.408. The molecule has 2 N–H and O–H groups in total. The molecule has 5 nitrogen and oxygen atoms in total. The summed E-state index contributed by atoms with van der Waals surface area (Å²) >= 11 is 0. The minimum atomic E-state index is -3.45. The number of methoxy groups -OCH3 is 1. The van der Waals surface area contributed by atoms with Gasteiger partial charge in [-0.25, -0.2) is 13.1 Å². The van der Waals surface area contributed by atoms with Crippen LogP contribution in [0.25, 0.3) is 0 Å². The molecule has 0 unspecified atom stereocenters. The van der Waals surface area contributed by atoms with Crippen LogP contribution in [0.15, 0.2) is 23.1 Å². The summed E-state index contributed by atoms with van der Waals surface area (Å²) in [6.07, 6.45) is 4.66. The van der Waals surface area contributed by atoms with Crippen molar-refractivity contribution in [3.63, 3.8) is 0 Å². The van der Waals surface area contributed by atoms with Crippen molar-refractivity contribution < 1.29 is 13.2 Å². The molecule has 118 valence electrons. The zero-order valence-corrected chi connectivity index (χ0v) is 13.5. The van der Waals surface area contributed by atoms with E-state index in [-0.39, 0.29) is 0 Å². The van der Waals surface area contributed by atoms with Crippen LogP contribution in [-0.2, 0) is 16.6 Å². The quantitative estimate of drug-likeness (QED) is 0.807. The Morgan fingerprint density at radius 2 is 2.00 bits per heavy atom. The lowest BCUT2D eigenvalue weighted by atomic mass is 10.1. The molecule has 0 radical (unpaired) electrons. The van der Waals surface area contributed by atoms with Crippen LogP contribution in [0.3, 0.4) is 0 Å². The fourth-order valence-corrected chi connectivity index (χ4v) is 3.94. The Morgan fingerprint density at radius 3 is 2.62 bits per heavy atom. The first-order chi connectivity index (χ1) is 10.1. The highest BCUT2D eigenvalue weighted by molar-refractivity contribution is 7.89. The molecule has 1 aromatic rings. The third-order valence-electron chi connectivity index (χ3n) is 3.97. The van der Waals surface area contributed by atoms with Gasteiger partial charge in [0, 0.05) is 18.7 Å². The van der Waals surface area contributed by atoms with Crippen molar-refractivity contribution >= 4 is 10.0 Å². The maximum absolute atomic E-state index is 12.4. The molecule has 1 aromatic carbocycles. The van der Waals surface area contributed by atoms with Gasteiger partial charge in [-0.2, -0.15) is 0 Å². The molecule has 1 aliphatic rings. The van der Waals surface area contributed by atoms with Crippen LogP contribution in [0.5, 0.6) is 5.75 Å². The largest absolute Gasteiger partial charge is 0.496 e. The Hall–Kier alpha value is -1.11. The molecule has 0 spiro atoms. The lowest BCUT2D eigenvalue weighted by Crippen LogP contribution is -2.28. The molecule has 1 aliphatic carbocycles. The average molecular weight is 312 g/mol. The van der Waals surface area contributed by atoms with Gasteiger partial charge in [0.05, 0.1) is 12.0 Å². The molecular formula is C15H24N2O3S. The first kappa shape index (κ1) is 16.3. The zero-order valence-electron chi connectivity index (χ0n) is 12.7. The molecule has 0 aliphatic heterocycles. The third-order valence-corrected chi connectivity index (χ3v) is 5.39. The molecule has 0 amide bonds. The average Bonchev–Trinajstić information content (AvgIpc) is 2.99. The second-order valence-corrected chi connectivity index (χ2v) is 7.27. The van der Waals surface area contributed by atoms with E-state index in [0.29, 0.717) is 29.7 Å². The minimum Gasteiger partial charge on any atom is -0.496 e. The number of benzene rings is 1.